The Morgan fingerprint density at radius 2 is 2.21 bits per heavy atom. The molecule has 0 heterocycles. The van der Waals surface area contributed by atoms with Crippen molar-refractivity contribution in [2.75, 3.05) is 18.9 Å². The van der Waals surface area contributed by atoms with Gasteiger partial charge >= 0.3 is 0 Å². The van der Waals surface area contributed by atoms with Crippen molar-refractivity contribution < 1.29 is 4.79 Å². The number of aryl methyl sites for hydroxylation is 1. The minimum atomic E-state index is -0.0336. The van der Waals surface area contributed by atoms with Crippen LogP contribution in [0.3, 0.4) is 0 Å². The molecule has 0 aliphatic rings. The number of likely N-dealkylation sites (N-methyl/N-ethyl adjacent to an activating group) is 1. The van der Waals surface area contributed by atoms with E-state index in [2.05, 4.69) is 26.6 Å². The fourth-order valence-electron chi connectivity index (χ4n) is 1.08. The van der Waals surface area contributed by atoms with E-state index in [1.165, 1.54) is 0 Å². The average Bonchev–Trinajstić information content (AvgIpc) is 2.12. The van der Waals surface area contributed by atoms with E-state index in [0.717, 1.165) is 15.7 Å². The number of rotatable bonds is 3. The molecule has 0 aromatic heterocycles. The molecule has 0 saturated heterocycles. The molecule has 0 unspecified atom stereocenters. The summed E-state index contributed by atoms with van der Waals surface area (Å²) in [5, 5.41) is 5.62. The van der Waals surface area contributed by atoms with Crippen LogP contribution >= 0.6 is 15.9 Å². The topological polar surface area (TPSA) is 41.1 Å². The fourth-order valence-corrected chi connectivity index (χ4v) is 1.44. The summed E-state index contributed by atoms with van der Waals surface area (Å²) >= 11 is 3.36. The third-order valence-electron chi connectivity index (χ3n) is 1.81. The Hall–Kier alpha value is -0.870. The number of nitrogens with one attached hydrogen (secondary N) is 2. The van der Waals surface area contributed by atoms with Gasteiger partial charge in [0, 0.05) is 10.2 Å². The van der Waals surface area contributed by atoms with Gasteiger partial charge < -0.3 is 10.6 Å². The third-order valence-corrected chi connectivity index (χ3v) is 2.30. The maximum absolute atomic E-state index is 11.3. The largest absolute Gasteiger partial charge is 0.325 e. The number of hydrogen-bond acceptors (Lipinski definition) is 2. The van der Waals surface area contributed by atoms with E-state index in [1.807, 2.05) is 25.1 Å². The lowest BCUT2D eigenvalue weighted by Crippen LogP contribution is -2.25. The SMILES string of the molecule is CNCC(=O)Nc1cc(Br)ccc1C. The molecule has 14 heavy (non-hydrogen) atoms. The molecule has 0 bridgehead atoms. The van der Waals surface area contributed by atoms with Crippen LogP contribution in [-0.2, 0) is 4.79 Å². The molecular weight excluding hydrogens is 244 g/mol. The van der Waals surface area contributed by atoms with Gasteiger partial charge in [-0.15, -0.1) is 0 Å². The number of carbonyl (C=O) groups is 1. The monoisotopic (exact) mass is 256 g/mol. The van der Waals surface area contributed by atoms with Gasteiger partial charge in [0.2, 0.25) is 5.91 Å². The summed E-state index contributed by atoms with van der Waals surface area (Å²) in [5.41, 5.74) is 1.90. The highest BCUT2D eigenvalue weighted by molar-refractivity contribution is 9.10. The van der Waals surface area contributed by atoms with Gasteiger partial charge in [0.1, 0.15) is 0 Å². The molecule has 4 heteroatoms. The molecule has 0 fully saturated rings. The fraction of sp³-hybridized carbons (Fsp3) is 0.300. The lowest BCUT2D eigenvalue weighted by Gasteiger charge is -2.08. The Kier molecular flexibility index (Phi) is 4.10. The van der Waals surface area contributed by atoms with Crippen molar-refractivity contribution in [2.24, 2.45) is 0 Å². The number of anilines is 1. The van der Waals surface area contributed by atoms with Crippen LogP contribution in [0.25, 0.3) is 0 Å². The molecule has 0 aliphatic carbocycles. The second-order valence-electron chi connectivity index (χ2n) is 3.04. The van der Waals surface area contributed by atoms with Crippen LogP contribution in [-0.4, -0.2) is 19.5 Å². The van der Waals surface area contributed by atoms with E-state index in [4.69, 9.17) is 0 Å². The number of amides is 1. The molecule has 3 nitrogen and oxygen atoms in total. The third kappa shape index (κ3) is 3.12. The van der Waals surface area contributed by atoms with Gasteiger partial charge in [0.05, 0.1) is 6.54 Å². The van der Waals surface area contributed by atoms with Crippen molar-refractivity contribution in [3.63, 3.8) is 0 Å². The predicted molar refractivity (Wildman–Crippen MR) is 61.4 cm³/mol. The highest BCUT2D eigenvalue weighted by Crippen LogP contribution is 2.20. The number of hydrogen-bond donors (Lipinski definition) is 2. The average molecular weight is 257 g/mol. The molecule has 0 saturated carbocycles. The molecule has 1 aromatic rings. The molecule has 76 valence electrons. The zero-order valence-corrected chi connectivity index (χ0v) is 9.81. The first-order valence-corrected chi connectivity index (χ1v) is 5.13. The van der Waals surface area contributed by atoms with E-state index in [1.54, 1.807) is 7.05 Å². The normalized spacial score (nSPS) is 9.93. The van der Waals surface area contributed by atoms with Crippen molar-refractivity contribution in [2.45, 2.75) is 6.92 Å². The maximum atomic E-state index is 11.3. The van der Waals surface area contributed by atoms with Crippen molar-refractivity contribution in [1.82, 2.24) is 5.32 Å². The smallest absolute Gasteiger partial charge is 0.238 e. The van der Waals surface area contributed by atoms with Gasteiger partial charge in [0.15, 0.2) is 0 Å². The van der Waals surface area contributed by atoms with Gasteiger partial charge in [-0.25, -0.2) is 0 Å². The Morgan fingerprint density at radius 1 is 1.50 bits per heavy atom. The summed E-state index contributed by atoms with van der Waals surface area (Å²) in [6, 6.07) is 5.80. The summed E-state index contributed by atoms with van der Waals surface area (Å²) < 4.78 is 0.961. The Bertz CT molecular complexity index is 339. The molecular formula is C10H13BrN2O. The van der Waals surface area contributed by atoms with Gasteiger partial charge in [-0.2, -0.15) is 0 Å². The molecule has 0 spiro atoms. The van der Waals surface area contributed by atoms with Crippen molar-refractivity contribution >= 4 is 27.5 Å². The zero-order valence-electron chi connectivity index (χ0n) is 8.23. The standard InChI is InChI=1S/C10H13BrN2O/c1-7-3-4-8(11)5-9(7)13-10(14)6-12-2/h3-5,12H,6H2,1-2H3,(H,13,14). The van der Waals surface area contributed by atoms with E-state index in [0.29, 0.717) is 6.54 Å². The first kappa shape index (κ1) is 11.2. The molecule has 1 rings (SSSR count). The van der Waals surface area contributed by atoms with Crippen LogP contribution in [0, 0.1) is 6.92 Å². The molecule has 0 radical (unpaired) electrons. The minimum Gasteiger partial charge on any atom is -0.325 e. The summed E-state index contributed by atoms with van der Waals surface area (Å²) in [6.07, 6.45) is 0. The molecule has 1 aromatic carbocycles. The molecule has 0 aliphatic heterocycles. The van der Waals surface area contributed by atoms with Gasteiger partial charge in [-0.3, -0.25) is 4.79 Å². The summed E-state index contributed by atoms with van der Waals surface area (Å²) in [6.45, 7) is 2.29. The van der Waals surface area contributed by atoms with Crippen LogP contribution in [0.5, 0.6) is 0 Å². The van der Waals surface area contributed by atoms with Crippen LogP contribution in [0.4, 0.5) is 5.69 Å². The van der Waals surface area contributed by atoms with E-state index >= 15 is 0 Å². The second-order valence-corrected chi connectivity index (χ2v) is 3.95. The van der Waals surface area contributed by atoms with Crippen LogP contribution in [0.15, 0.2) is 22.7 Å². The van der Waals surface area contributed by atoms with Gasteiger partial charge in [0.25, 0.3) is 0 Å². The van der Waals surface area contributed by atoms with Crippen LogP contribution in [0.1, 0.15) is 5.56 Å². The first-order chi connectivity index (χ1) is 6.63. The van der Waals surface area contributed by atoms with Crippen LogP contribution < -0.4 is 10.6 Å². The second kappa shape index (κ2) is 5.12. The van der Waals surface area contributed by atoms with Crippen LogP contribution in [0.2, 0.25) is 0 Å². The number of halogens is 1. The quantitative estimate of drug-likeness (QED) is 0.868. The minimum absolute atomic E-state index is 0.0336. The Balaban J connectivity index is 2.75. The van der Waals surface area contributed by atoms with Crippen molar-refractivity contribution in [1.29, 1.82) is 0 Å². The lowest BCUT2D eigenvalue weighted by atomic mass is 10.2. The zero-order chi connectivity index (χ0) is 10.6. The molecule has 0 atom stereocenters. The highest BCUT2D eigenvalue weighted by atomic mass is 79.9. The Labute approximate surface area is 92.0 Å². The van der Waals surface area contributed by atoms with E-state index in [-0.39, 0.29) is 5.91 Å². The molecule has 1 amide bonds. The molecule has 2 N–H and O–H groups in total. The lowest BCUT2D eigenvalue weighted by molar-refractivity contribution is -0.115. The predicted octanol–water partition coefficient (Wildman–Crippen LogP) is 1.92. The maximum Gasteiger partial charge on any atom is 0.238 e. The van der Waals surface area contributed by atoms with E-state index < -0.39 is 0 Å². The first-order valence-electron chi connectivity index (χ1n) is 4.34. The summed E-state index contributed by atoms with van der Waals surface area (Å²) in [4.78, 5) is 11.3. The van der Waals surface area contributed by atoms with Gasteiger partial charge in [-0.1, -0.05) is 22.0 Å². The summed E-state index contributed by atoms with van der Waals surface area (Å²) in [5.74, 6) is -0.0336. The Morgan fingerprint density at radius 3 is 2.86 bits per heavy atom. The van der Waals surface area contributed by atoms with E-state index in [9.17, 15) is 4.79 Å². The van der Waals surface area contributed by atoms with Crippen molar-refractivity contribution in [3.8, 4) is 0 Å². The summed E-state index contributed by atoms with van der Waals surface area (Å²) in [7, 11) is 1.74. The van der Waals surface area contributed by atoms with Crippen molar-refractivity contribution in [3.05, 3.63) is 28.2 Å². The number of benzene rings is 1. The number of carbonyl (C=O) groups excluding carboxylic acids is 1. The van der Waals surface area contributed by atoms with Gasteiger partial charge in [-0.05, 0) is 31.7 Å². The highest BCUT2D eigenvalue weighted by Gasteiger charge is 2.03.